The van der Waals surface area contributed by atoms with Crippen LogP contribution >= 0.6 is 0 Å². The molecule has 1 fully saturated rings. The number of hydrogen-bond donors (Lipinski definition) is 0. The van der Waals surface area contributed by atoms with E-state index >= 15 is 0 Å². The first kappa shape index (κ1) is 17.4. The van der Waals surface area contributed by atoms with Crippen molar-refractivity contribution in [3.05, 3.63) is 59.9 Å². The smallest absolute Gasteiger partial charge is 0.258 e. The topological polar surface area (TPSA) is 59.2 Å². The van der Waals surface area contributed by atoms with E-state index in [1.807, 2.05) is 17.0 Å². The second-order valence-corrected chi connectivity index (χ2v) is 6.85. The standard InChI is InChI=1S/C21H20FN3O2/c1-14-4-2-3-13-25(14)21(26)17-7-5-16(6-8-17)20-23-19(24-27-20)15-9-11-18(22)12-10-15/h5-12,14H,2-4,13H2,1H3/t14-/m1/s1. The summed E-state index contributed by atoms with van der Waals surface area (Å²) in [5, 5.41) is 3.95. The third-order valence-electron chi connectivity index (χ3n) is 4.97. The molecular weight excluding hydrogens is 345 g/mol. The Morgan fingerprint density at radius 1 is 1.07 bits per heavy atom. The van der Waals surface area contributed by atoms with Crippen LogP contribution in [0.5, 0.6) is 0 Å². The van der Waals surface area contributed by atoms with Gasteiger partial charge in [0.05, 0.1) is 0 Å². The Hall–Kier alpha value is -3.02. The Balaban J connectivity index is 1.52. The van der Waals surface area contributed by atoms with E-state index in [0.29, 0.717) is 22.8 Å². The van der Waals surface area contributed by atoms with Gasteiger partial charge in [-0.3, -0.25) is 4.79 Å². The molecule has 4 rings (SSSR count). The minimum absolute atomic E-state index is 0.0614. The summed E-state index contributed by atoms with van der Waals surface area (Å²) in [6.45, 7) is 2.91. The predicted molar refractivity (Wildman–Crippen MR) is 99.5 cm³/mol. The van der Waals surface area contributed by atoms with Crippen molar-refractivity contribution in [2.75, 3.05) is 6.54 Å². The fraction of sp³-hybridized carbons (Fsp3) is 0.286. The van der Waals surface area contributed by atoms with Crippen molar-refractivity contribution in [1.29, 1.82) is 0 Å². The van der Waals surface area contributed by atoms with Crippen molar-refractivity contribution < 1.29 is 13.7 Å². The van der Waals surface area contributed by atoms with Gasteiger partial charge in [0.2, 0.25) is 5.82 Å². The van der Waals surface area contributed by atoms with E-state index in [0.717, 1.165) is 24.9 Å². The molecule has 1 aliphatic rings. The van der Waals surface area contributed by atoms with E-state index in [9.17, 15) is 9.18 Å². The van der Waals surface area contributed by atoms with Crippen molar-refractivity contribution >= 4 is 5.91 Å². The molecule has 1 atom stereocenters. The molecule has 1 amide bonds. The summed E-state index contributed by atoms with van der Waals surface area (Å²) in [7, 11) is 0. The summed E-state index contributed by atoms with van der Waals surface area (Å²) in [5.41, 5.74) is 2.07. The second-order valence-electron chi connectivity index (χ2n) is 6.85. The van der Waals surface area contributed by atoms with Crippen LogP contribution in [0.4, 0.5) is 4.39 Å². The van der Waals surface area contributed by atoms with Crippen molar-refractivity contribution in [1.82, 2.24) is 15.0 Å². The molecule has 0 aliphatic carbocycles. The number of nitrogens with zero attached hydrogens (tertiary/aromatic N) is 3. The second kappa shape index (κ2) is 7.31. The minimum atomic E-state index is -0.314. The molecule has 0 spiro atoms. The van der Waals surface area contributed by atoms with Crippen molar-refractivity contribution in [3.8, 4) is 22.8 Å². The van der Waals surface area contributed by atoms with Gasteiger partial charge >= 0.3 is 0 Å². The molecule has 2 heterocycles. The van der Waals surface area contributed by atoms with Gasteiger partial charge in [-0.1, -0.05) is 5.16 Å². The zero-order valence-corrected chi connectivity index (χ0v) is 15.1. The van der Waals surface area contributed by atoms with Crippen LogP contribution in [-0.2, 0) is 0 Å². The van der Waals surface area contributed by atoms with Crippen molar-refractivity contribution in [2.24, 2.45) is 0 Å². The molecule has 1 aliphatic heterocycles. The Morgan fingerprint density at radius 3 is 2.48 bits per heavy atom. The summed E-state index contributed by atoms with van der Waals surface area (Å²) < 4.78 is 18.4. The van der Waals surface area contributed by atoms with Crippen LogP contribution in [0.1, 0.15) is 36.5 Å². The van der Waals surface area contributed by atoms with Gasteiger partial charge < -0.3 is 9.42 Å². The molecule has 0 saturated carbocycles. The molecule has 0 radical (unpaired) electrons. The van der Waals surface area contributed by atoms with Crippen molar-refractivity contribution in [2.45, 2.75) is 32.2 Å². The first-order valence-electron chi connectivity index (χ1n) is 9.13. The average Bonchev–Trinajstić information content (AvgIpc) is 3.19. The number of carbonyl (C=O) groups is 1. The van der Waals surface area contributed by atoms with Crippen LogP contribution in [0.25, 0.3) is 22.8 Å². The molecule has 27 heavy (non-hydrogen) atoms. The van der Waals surface area contributed by atoms with Gasteiger partial charge in [0.1, 0.15) is 5.82 Å². The third-order valence-corrected chi connectivity index (χ3v) is 4.97. The monoisotopic (exact) mass is 365 g/mol. The van der Waals surface area contributed by atoms with Gasteiger partial charge in [-0.05, 0) is 74.7 Å². The largest absolute Gasteiger partial charge is 0.336 e. The lowest BCUT2D eigenvalue weighted by Gasteiger charge is -2.33. The van der Waals surface area contributed by atoms with E-state index in [1.54, 1.807) is 24.3 Å². The van der Waals surface area contributed by atoms with Gasteiger partial charge in [0.15, 0.2) is 0 Å². The highest BCUT2D eigenvalue weighted by Gasteiger charge is 2.24. The van der Waals surface area contributed by atoms with Crippen LogP contribution in [-0.4, -0.2) is 33.5 Å². The van der Waals surface area contributed by atoms with Gasteiger partial charge in [-0.2, -0.15) is 4.98 Å². The Kier molecular flexibility index (Phi) is 4.71. The van der Waals surface area contributed by atoms with Gasteiger partial charge in [0.25, 0.3) is 11.8 Å². The molecule has 138 valence electrons. The van der Waals surface area contributed by atoms with Gasteiger partial charge in [-0.15, -0.1) is 0 Å². The number of likely N-dealkylation sites (tertiary alicyclic amines) is 1. The summed E-state index contributed by atoms with van der Waals surface area (Å²) >= 11 is 0. The molecule has 3 aromatic rings. The molecular formula is C21H20FN3O2. The highest BCUT2D eigenvalue weighted by atomic mass is 19.1. The molecule has 0 bridgehead atoms. The summed E-state index contributed by atoms with van der Waals surface area (Å²) in [6.07, 6.45) is 3.29. The van der Waals surface area contributed by atoms with E-state index in [2.05, 4.69) is 17.1 Å². The lowest BCUT2D eigenvalue weighted by molar-refractivity contribution is 0.0635. The van der Waals surface area contributed by atoms with Gasteiger partial charge in [-0.25, -0.2) is 4.39 Å². The highest BCUT2D eigenvalue weighted by molar-refractivity contribution is 5.94. The maximum atomic E-state index is 13.0. The van der Waals surface area contributed by atoms with E-state index < -0.39 is 0 Å². The maximum Gasteiger partial charge on any atom is 0.258 e. The number of carbonyl (C=O) groups excluding carboxylic acids is 1. The number of benzene rings is 2. The molecule has 5 nitrogen and oxygen atoms in total. The van der Waals surface area contributed by atoms with Crippen LogP contribution < -0.4 is 0 Å². The Bertz CT molecular complexity index is 935. The fourth-order valence-corrected chi connectivity index (χ4v) is 3.38. The number of piperidine rings is 1. The molecule has 1 aromatic heterocycles. The first-order chi connectivity index (χ1) is 13.1. The van der Waals surface area contributed by atoms with E-state index in [-0.39, 0.29) is 17.8 Å². The zero-order valence-electron chi connectivity index (χ0n) is 15.1. The predicted octanol–water partition coefficient (Wildman–Crippen LogP) is 4.56. The van der Waals surface area contributed by atoms with Crippen LogP contribution in [0.2, 0.25) is 0 Å². The van der Waals surface area contributed by atoms with Crippen LogP contribution in [0, 0.1) is 5.82 Å². The first-order valence-corrected chi connectivity index (χ1v) is 9.13. The Labute approximate surface area is 156 Å². The summed E-state index contributed by atoms with van der Waals surface area (Å²) in [4.78, 5) is 19.0. The molecule has 0 unspecified atom stereocenters. The quantitative estimate of drug-likeness (QED) is 0.683. The van der Waals surface area contributed by atoms with E-state index in [1.165, 1.54) is 18.6 Å². The molecule has 2 aromatic carbocycles. The summed E-state index contributed by atoms with van der Waals surface area (Å²) in [5.74, 6) is 0.504. The Morgan fingerprint density at radius 2 is 1.78 bits per heavy atom. The molecule has 6 heteroatoms. The lowest BCUT2D eigenvalue weighted by Crippen LogP contribution is -2.41. The normalized spacial score (nSPS) is 17.1. The van der Waals surface area contributed by atoms with Crippen molar-refractivity contribution in [3.63, 3.8) is 0 Å². The lowest BCUT2D eigenvalue weighted by atomic mass is 10.0. The SMILES string of the molecule is C[C@@H]1CCCCN1C(=O)c1ccc(-c2nc(-c3ccc(F)cc3)no2)cc1. The highest BCUT2D eigenvalue weighted by Crippen LogP contribution is 2.24. The van der Waals surface area contributed by atoms with Crippen LogP contribution in [0.15, 0.2) is 53.1 Å². The minimum Gasteiger partial charge on any atom is -0.336 e. The number of hydrogen-bond acceptors (Lipinski definition) is 4. The maximum absolute atomic E-state index is 13.0. The number of amides is 1. The van der Waals surface area contributed by atoms with Crippen LogP contribution in [0.3, 0.4) is 0 Å². The summed E-state index contributed by atoms with van der Waals surface area (Å²) in [6, 6.07) is 13.4. The average molecular weight is 365 g/mol. The number of rotatable bonds is 3. The van der Waals surface area contributed by atoms with E-state index in [4.69, 9.17) is 4.52 Å². The molecule has 0 N–H and O–H groups in total. The molecule has 1 saturated heterocycles. The van der Waals surface area contributed by atoms with Gasteiger partial charge in [0, 0.05) is 29.3 Å². The zero-order chi connectivity index (χ0) is 18.8. The number of aromatic nitrogens is 2. The third kappa shape index (κ3) is 3.60. The number of halogens is 1. The fourth-order valence-electron chi connectivity index (χ4n) is 3.38.